The highest BCUT2D eigenvalue weighted by Crippen LogP contribution is 2.27. The fraction of sp³-hybridized carbons (Fsp3) is 0.316. The second kappa shape index (κ2) is 9.28. The first-order valence-electron chi connectivity index (χ1n) is 8.76. The molecule has 0 saturated heterocycles. The molecule has 154 valence electrons. The SMILES string of the molecule is COCCn1cc(Nc2ncc(OCc3c(F)c(C)cc(OC)c3F)cn2)cn1. The van der Waals surface area contributed by atoms with Crippen LogP contribution in [0, 0.1) is 18.6 Å². The van der Waals surface area contributed by atoms with Crippen LogP contribution in [0.25, 0.3) is 0 Å². The van der Waals surface area contributed by atoms with Gasteiger partial charge in [-0.05, 0) is 18.6 Å². The van der Waals surface area contributed by atoms with Crippen molar-refractivity contribution in [1.29, 1.82) is 0 Å². The lowest BCUT2D eigenvalue weighted by Crippen LogP contribution is -2.06. The third-order valence-corrected chi connectivity index (χ3v) is 4.09. The van der Waals surface area contributed by atoms with Crippen molar-refractivity contribution in [2.75, 3.05) is 26.1 Å². The zero-order valence-electron chi connectivity index (χ0n) is 16.3. The number of hydrogen-bond donors (Lipinski definition) is 1. The number of aromatic nitrogens is 4. The van der Waals surface area contributed by atoms with Crippen molar-refractivity contribution in [2.45, 2.75) is 20.1 Å². The quantitative estimate of drug-likeness (QED) is 0.585. The molecule has 29 heavy (non-hydrogen) atoms. The Bertz CT molecular complexity index is 963. The Morgan fingerprint density at radius 1 is 1.10 bits per heavy atom. The standard InChI is InChI=1S/C19H21F2N5O3/c1-12-6-16(28-3)18(21)15(17(12)20)11-29-14-8-22-19(23-9-14)25-13-7-24-26(10-13)4-5-27-2/h6-10H,4-5,11H2,1-3H3,(H,22,23,25). The van der Waals surface area contributed by atoms with Crippen molar-refractivity contribution in [3.63, 3.8) is 0 Å². The Morgan fingerprint density at radius 2 is 1.86 bits per heavy atom. The highest BCUT2D eigenvalue weighted by atomic mass is 19.1. The van der Waals surface area contributed by atoms with Gasteiger partial charge in [0.1, 0.15) is 12.4 Å². The summed E-state index contributed by atoms with van der Waals surface area (Å²) in [5.41, 5.74) is 0.766. The fourth-order valence-electron chi connectivity index (χ4n) is 2.56. The maximum Gasteiger partial charge on any atom is 0.227 e. The van der Waals surface area contributed by atoms with Crippen LogP contribution in [-0.2, 0) is 17.9 Å². The summed E-state index contributed by atoms with van der Waals surface area (Å²) in [6, 6.07) is 1.30. The molecule has 0 spiro atoms. The summed E-state index contributed by atoms with van der Waals surface area (Å²) in [7, 11) is 2.94. The molecule has 1 N–H and O–H groups in total. The Morgan fingerprint density at radius 3 is 2.55 bits per heavy atom. The zero-order valence-corrected chi connectivity index (χ0v) is 16.3. The Labute approximate surface area is 166 Å². The number of methoxy groups -OCH3 is 2. The molecule has 0 saturated carbocycles. The minimum absolute atomic E-state index is 0.0376. The van der Waals surface area contributed by atoms with Gasteiger partial charge in [-0.2, -0.15) is 5.10 Å². The van der Waals surface area contributed by atoms with Gasteiger partial charge in [0.25, 0.3) is 0 Å². The Kier molecular flexibility index (Phi) is 6.55. The lowest BCUT2D eigenvalue weighted by molar-refractivity contribution is 0.183. The second-order valence-electron chi connectivity index (χ2n) is 6.14. The highest BCUT2D eigenvalue weighted by Gasteiger charge is 2.18. The van der Waals surface area contributed by atoms with Crippen LogP contribution in [0.1, 0.15) is 11.1 Å². The lowest BCUT2D eigenvalue weighted by Gasteiger charge is -2.12. The topological polar surface area (TPSA) is 83.3 Å². The fourth-order valence-corrected chi connectivity index (χ4v) is 2.56. The van der Waals surface area contributed by atoms with Gasteiger partial charge in [-0.25, -0.2) is 18.7 Å². The smallest absolute Gasteiger partial charge is 0.227 e. The molecule has 1 aromatic carbocycles. The first-order chi connectivity index (χ1) is 14.0. The minimum atomic E-state index is -0.791. The number of nitrogens with one attached hydrogen (secondary N) is 1. The largest absolute Gasteiger partial charge is 0.494 e. The molecule has 3 aromatic rings. The van der Waals surface area contributed by atoms with Crippen molar-refractivity contribution < 1.29 is 23.0 Å². The molecule has 0 radical (unpaired) electrons. The number of ether oxygens (including phenoxy) is 3. The molecule has 0 fully saturated rings. The summed E-state index contributed by atoms with van der Waals surface area (Å²) in [6.07, 6.45) is 6.25. The summed E-state index contributed by atoms with van der Waals surface area (Å²) in [6.45, 7) is 2.39. The molecule has 0 bridgehead atoms. The molecule has 0 amide bonds. The van der Waals surface area contributed by atoms with Crippen molar-refractivity contribution in [3.05, 3.63) is 53.6 Å². The number of anilines is 2. The van der Waals surface area contributed by atoms with Crippen LogP contribution in [-0.4, -0.2) is 40.6 Å². The van der Waals surface area contributed by atoms with Crippen LogP contribution in [0.15, 0.2) is 30.9 Å². The molecule has 2 heterocycles. The molecule has 0 aliphatic carbocycles. The van der Waals surface area contributed by atoms with E-state index in [1.165, 1.54) is 32.5 Å². The monoisotopic (exact) mass is 405 g/mol. The van der Waals surface area contributed by atoms with Gasteiger partial charge in [-0.3, -0.25) is 4.68 Å². The Hall–Kier alpha value is -3.27. The summed E-state index contributed by atoms with van der Waals surface area (Å²) in [5, 5.41) is 7.18. The predicted molar refractivity (Wildman–Crippen MR) is 101 cm³/mol. The van der Waals surface area contributed by atoms with E-state index in [1.54, 1.807) is 24.2 Å². The first kappa shape index (κ1) is 20.5. The van der Waals surface area contributed by atoms with Gasteiger partial charge >= 0.3 is 0 Å². The average molecular weight is 405 g/mol. The van der Waals surface area contributed by atoms with E-state index in [0.29, 0.717) is 24.8 Å². The number of hydrogen-bond acceptors (Lipinski definition) is 7. The highest BCUT2D eigenvalue weighted by molar-refractivity contribution is 5.50. The predicted octanol–water partition coefficient (Wildman–Crippen LogP) is 3.24. The van der Waals surface area contributed by atoms with Crippen LogP contribution in [0.3, 0.4) is 0 Å². The molecule has 3 rings (SSSR count). The van der Waals surface area contributed by atoms with Crippen molar-refractivity contribution in [3.8, 4) is 11.5 Å². The van der Waals surface area contributed by atoms with E-state index in [0.717, 1.165) is 0 Å². The maximum absolute atomic E-state index is 14.3. The number of halogens is 2. The normalized spacial score (nSPS) is 10.8. The van der Waals surface area contributed by atoms with Crippen LogP contribution >= 0.6 is 0 Å². The molecule has 10 heteroatoms. The summed E-state index contributed by atoms with van der Waals surface area (Å²) < 4.78 is 45.6. The van der Waals surface area contributed by atoms with E-state index in [-0.39, 0.29) is 29.2 Å². The maximum atomic E-state index is 14.3. The van der Waals surface area contributed by atoms with Crippen LogP contribution in [0.4, 0.5) is 20.4 Å². The minimum Gasteiger partial charge on any atom is -0.494 e. The van der Waals surface area contributed by atoms with Gasteiger partial charge in [0.15, 0.2) is 17.3 Å². The summed E-state index contributed by atoms with van der Waals surface area (Å²) >= 11 is 0. The number of nitrogens with zero attached hydrogens (tertiary/aromatic N) is 4. The van der Waals surface area contributed by atoms with E-state index in [2.05, 4.69) is 20.4 Å². The van der Waals surface area contributed by atoms with Gasteiger partial charge in [0.2, 0.25) is 5.95 Å². The van der Waals surface area contributed by atoms with Gasteiger partial charge in [0.05, 0.1) is 50.1 Å². The first-order valence-corrected chi connectivity index (χ1v) is 8.76. The molecule has 8 nitrogen and oxygen atoms in total. The van der Waals surface area contributed by atoms with Crippen LogP contribution in [0.2, 0.25) is 0 Å². The molecule has 0 atom stereocenters. The van der Waals surface area contributed by atoms with E-state index in [1.807, 2.05) is 0 Å². The van der Waals surface area contributed by atoms with Crippen LogP contribution in [0.5, 0.6) is 11.5 Å². The third kappa shape index (κ3) is 4.96. The van der Waals surface area contributed by atoms with Gasteiger partial charge in [-0.15, -0.1) is 0 Å². The molecular weight excluding hydrogens is 384 g/mol. The van der Waals surface area contributed by atoms with E-state index < -0.39 is 11.6 Å². The molecule has 0 aliphatic heterocycles. The zero-order chi connectivity index (χ0) is 20.8. The Balaban J connectivity index is 1.63. The number of aryl methyl sites for hydroxylation is 1. The van der Waals surface area contributed by atoms with E-state index in [4.69, 9.17) is 14.2 Å². The number of rotatable bonds is 9. The molecular formula is C19H21F2N5O3. The van der Waals surface area contributed by atoms with Gasteiger partial charge in [0, 0.05) is 13.3 Å². The van der Waals surface area contributed by atoms with Gasteiger partial charge in [-0.1, -0.05) is 0 Å². The second-order valence-corrected chi connectivity index (χ2v) is 6.14. The lowest BCUT2D eigenvalue weighted by atomic mass is 10.1. The summed E-state index contributed by atoms with van der Waals surface area (Å²) in [5.74, 6) is -0.901. The summed E-state index contributed by atoms with van der Waals surface area (Å²) in [4.78, 5) is 8.27. The van der Waals surface area contributed by atoms with Crippen LogP contribution < -0.4 is 14.8 Å². The van der Waals surface area contributed by atoms with Crippen molar-refractivity contribution >= 4 is 11.6 Å². The number of benzene rings is 1. The van der Waals surface area contributed by atoms with Gasteiger partial charge < -0.3 is 19.5 Å². The van der Waals surface area contributed by atoms with E-state index >= 15 is 0 Å². The van der Waals surface area contributed by atoms with Crippen molar-refractivity contribution in [2.24, 2.45) is 0 Å². The average Bonchev–Trinajstić information content (AvgIpc) is 3.17. The molecule has 0 aliphatic rings. The van der Waals surface area contributed by atoms with E-state index in [9.17, 15) is 8.78 Å². The van der Waals surface area contributed by atoms with Crippen molar-refractivity contribution in [1.82, 2.24) is 19.7 Å². The molecule has 0 unspecified atom stereocenters. The molecule has 2 aromatic heterocycles. The third-order valence-electron chi connectivity index (χ3n) is 4.09.